The average molecular weight is 453 g/mol. The fourth-order valence-electron chi connectivity index (χ4n) is 3.78. The topological polar surface area (TPSA) is 89.5 Å². The molecule has 0 fully saturated rings. The highest BCUT2D eigenvalue weighted by Gasteiger charge is 2.15. The summed E-state index contributed by atoms with van der Waals surface area (Å²) >= 11 is 0. The molecule has 170 valence electrons. The maximum atomic E-state index is 12.1. The molecule has 0 saturated carbocycles. The lowest BCUT2D eigenvalue weighted by molar-refractivity contribution is -0.142. The van der Waals surface area contributed by atoms with Gasteiger partial charge in [0.05, 0.1) is 30.9 Å². The van der Waals surface area contributed by atoms with Crippen LogP contribution in [0, 0.1) is 11.3 Å². The molecule has 1 heterocycles. The van der Waals surface area contributed by atoms with Crippen molar-refractivity contribution in [3.63, 3.8) is 0 Å². The van der Waals surface area contributed by atoms with Crippen LogP contribution in [0.1, 0.15) is 40.9 Å². The third kappa shape index (κ3) is 5.00. The lowest BCUT2D eigenvalue weighted by Crippen LogP contribution is -2.10. The highest BCUT2D eigenvalue weighted by atomic mass is 16.5. The second-order valence-corrected chi connectivity index (χ2v) is 7.82. The van der Waals surface area contributed by atoms with Gasteiger partial charge in [-0.05, 0) is 61.4 Å². The number of carbonyl (C=O) groups is 2. The first-order valence-electron chi connectivity index (χ1n) is 10.9. The zero-order valence-corrected chi connectivity index (χ0v) is 19.0. The zero-order valence-electron chi connectivity index (χ0n) is 19.0. The van der Waals surface area contributed by atoms with Crippen molar-refractivity contribution >= 4 is 22.7 Å². The van der Waals surface area contributed by atoms with E-state index in [4.69, 9.17) is 13.9 Å². The Morgan fingerprint density at radius 1 is 1.06 bits per heavy atom. The number of ether oxygens (including phenoxy) is 2. The summed E-state index contributed by atoms with van der Waals surface area (Å²) in [5.74, 6) is 0.00971. The Labute approximate surface area is 197 Å². The first-order chi connectivity index (χ1) is 16.5. The summed E-state index contributed by atoms with van der Waals surface area (Å²) in [5.41, 5.74) is 5.02. The molecular weight excluding hydrogens is 430 g/mol. The largest absolute Gasteiger partial charge is 0.489 e. The summed E-state index contributed by atoms with van der Waals surface area (Å²) in [6.45, 7) is 3.74. The van der Waals surface area contributed by atoms with E-state index in [9.17, 15) is 14.9 Å². The Kier molecular flexibility index (Phi) is 6.74. The lowest BCUT2D eigenvalue weighted by Gasteiger charge is -2.14. The number of carbonyl (C=O) groups excluding carboxylic acids is 2. The van der Waals surface area contributed by atoms with E-state index in [1.807, 2.05) is 36.4 Å². The van der Waals surface area contributed by atoms with Crippen molar-refractivity contribution < 1.29 is 23.5 Å². The molecule has 0 bridgehead atoms. The van der Waals surface area contributed by atoms with Gasteiger partial charge in [0, 0.05) is 22.1 Å². The third-order valence-electron chi connectivity index (χ3n) is 5.42. The second kappa shape index (κ2) is 10.1. The zero-order chi connectivity index (χ0) is 24.1. The molecule has 3 aromatic carbocycles. The maximum absolute atomic E-state index is 12.1. The molecular formula is C28H23NO5. The third-order valence-corrected chi connectivity index (χ3v) is 5.42. The average Bonchev–Trinajstić information content (AvgIpc) is 3.31. The molecule has 0 spiro atoms. The van der Waals surface area contributed by atoms with E-state index in [0.717, 1.165) is 27.7 Å². The SMILES string of the molecule is CCOC(=O)Cc1ccc(C(C)=O)cc1OCc1cc(-c2cccc(C#N)c2)c2occc2c1. The van der Waals surface area contributed by atoms with Gasteiger partial charge >= 0.3 is 5.97 Å². The first-order valence-corrected chi connectivity index (χ1v) is 10.9. The number of nitriles is 1. The minimum Gasteiger partial charge on any atom is -0.489 e. The predicted octanol–water partition coefficient (Wildman–Crippen LogP) is 5.86. The molecule has 0 aliphatic carbocycles. The summed E-state index contributed by atoms with van der Waals surface area (Å²) in [6, 6.07) is 20.4. The van der Waals surface area contributed by atoms with Gasteiger partial charge in [-0.2, -0.15) is 5.26 Å². The van der Waals surface area contributed by atoms with Gasteiger partial charge in [0.25, 0.3) is 0 Å². The van der Waals surface area contributed by atoms with Crippen LogP contribution in [0.15, 0.2) is 71.3 Å². The Hall–Kier alpha value is -4.37. The maximum Gasteiger partial charge on any atom is 0.310 e. The monoisotopic (exact) mass is 453 g/mol. The van der Waals surface area contributed by atoms with Crippen LogP contribution < -0.4 is 4.74 Å². The van der Waals surface area contributed by atoms with Gasteiger partial charge in [-0.1, -0.05) is 24.3 Å². The van der Waals surface area contributed by atoms with Gasteiger partial charge in [-0.15, -0.1) is 0 Å². The molecule has 0 saturated heterocycles. The van der Waals surface area contributed by atoms with Crippen LogP contribution in [0.3, 0.4) is 0 Å². The molecule has 0 aliphatic heterocycles. The van der Waals surface area contributed by atoms with Crippen LogP contribution in [-0.4, -0.2) is 18.4 Å². The normalized spacial score (nSPS) is 10.6. The van der Waals surface area contributed by atoms with E-state index in [1.54, 1.807) is 37.5 Å². The molecule has 34 heavy (non-hydrogen) atoms. The summed E-state index contributed by atoms with van der Waals surface area (Å²) in [4.78, 5) is 23.9. The van der Waals surface area contributed by atoms with E-state index in [2.05, 4.69) is 6.07 Å². The Morgan fingerprint density at radius 2 is 1.91 bits per heavy atom. The number of esters is 1. The number of rotatable bonds is 8. The van der Waals surface area contributed by atoms with E-state index in [0.29, 0.717) is 29.0 Å². The molecule has 0 radical (unpaired) electrons. The summed E-state index contributed by atoms with van der Waals surface area (Å²) in [5, 5.41) is 10.2. The van der Waals surface area contributed by atoms with Gasteiger partial charge in [0.2, 0.25) is 0 Å². The van der Waals surface area contributed by atoms with Gasteiger partial charge < -0.3 is 13.9 Å². The number of benzene rings is 3. The fourth-order valence-corrected chi connectivity index (χ4v) is 3.78. The summed E-state index contributed by atoms with van der Waals surface area (Å²) < 4.78 is 16.9. The van der Waals surface area contributed by atoms with E-state index in [1.165, 1.54) is 6.92 Å². The number of furan rings is 1. The fraction of sp³-hybridized carbons (Fsp3) is 0.179. The molecule has 0 unspecified atom stereocenters. The van der Waals surface area contributed by atoms with Gasteiger partial charge in [-0.25, -0.2) is 0 Å². The lowest BCUT2D eigenvalue weighted by atomic mass is 9.99. The predicted molar refractivity (Wildman–Crippen MR) is 127 cm³/mol. The highest BCUT2D eigenvalue weighted by molar-refractivity contribution is 5.95. The van der Waals surface area contributed by atoms with Gasteiger partial charge in [0.15, 0.2) is 5.78 Å². The molecule has 0 N–H and O–H groups in total. The summed E-state index contributed by atoms with van der Waals surface area (Å²) in [6.07, 6.45) is 1.68. The van der Waals surface area contributed by atoms with Crippen LogP contribution in [0.2, 0.25) is 0 Å². The van der Waals surface area contributed by atoms with Crippen molar-refractivity contribution in [1.29, 1.82) is 5.26 Å². The van der Waals surface area contributed by atoms with E-state index < -0.39 is 0 Å². The number of hydrogen-bond acceptors (Lipinski definition) is 6. The number of ketones is 1. The van der Waals surface area contributed by atoms with Crippen molar-refractivity contribution in [3.8, 4) is 22.9 Å². The Morgan fingerprint density at radius 3 is 2.68 bits per heavy atom. The molecule has 4 rings (SSSR count). The summed E-state index contributed by atoms with van der Waals surface area (Å²) in [7, 11) is 0. The Balaban J connectivity index is 1.67. The molecule has 0 aliphatic rings. The van der Waals surface area contributed by atoms with Crippen molar-refractivity contribution in [2.45, 2.75) is 26.9 Å². The number of hydrogen-bond donors (Lipinski definition) is 0. The molecule has 6 nitrogen and oxygen atoms in total. The van der Waals surface area contributed by atoms with Gasteiger partial charge in [-0.3, -0.25) is 9.59 Å². The van der Waals surface area contributed by atoms with E-state index >= 15 is 0 Å². The van der Waals surface area contributed by atoms with E-state index in [-0.39, 0.29) is 24.8 Å². The smallest absolute Gasteiger partial charge is 0.310 e. The van der Waals surface area contributed by atoms with Crippen molar-refractivity contribution in [3.05, 3.63) is 89.2 Å². The van der Waals surface area contributed by atoms with Crippen LogP contribution in [0.4, 0.5) is 0 Å². The van der Waals surface area contributed by atoms with Crippen LogP contribution in [-0.2, 0) is 22.6 Å². The number of Topliss-reactive ketones (excluding diaryl/α,β-unsaturated/α-hetero) is 1. The van der Waals surface area contributed by atoms with Crippen LogP contribution in [0.25, 0.3) is 22.1 Å². The molecule has 6 heteroatoms. The quantitative estimate of drug-likeness (QED) is 0.245. The van der Waals surface area contributed by atoms with Crippen molar-refractivity contribution in [2.75, 3.05) is 6.61 Å². The van der Waals surface area contributed by atoms with Gasteiger partial charge in [0.1, 0.15) is 17.9 Å². The minimum atomic E-state index is -0.359. The second-order valence-electron chi connectivity index (χ2n) is 7.82. The first kappa shape index (κ1) is 22.8. The number of fused-ring (bicyclic) bond motifs is 1. The molecule has 0 atom stereocenters. The van der Waals surface area contributed by atoms with Crippen LogP contribution >= 0.6 is 0 Å². The van der Waals surface area contributed by atoms with Crippen LogP contribution in [0.5, 0.6) is 5.75 Å². The molecule has 0 amide bonds. The Bertz CT molecular complexity index is 1410. The number of nitrogens with zero attached hydrogens (tertiary/aromatic N) is 1. The highest BCUT2D eigenvalue weighted by Crippen LogP contribution is 2.32. The van der Waals surface area contributed by atoms with Crippen molar-refractivity contribution in [2.24, 2.45) is 0 Å². The minimum absolute atomic E-state index is 0.0499. The standard InChI is InChI=1S/C28H23NO5/c1-3-32-27(31)15-23-8-7-21(18(2)30)14-26(23)34-17-20-12-24-9-10-33-28(24)25(13-20)22-6-4-5-19(11-22)16-29/h4-14H,3,15,17H2,1-2H3. The molecule has 4 aromatic rings. The van der Waals surface area contributed by atoms with Crippen molar-refractivity contribution in [1.82, 2.24) is 0 Å². The molecule has 1 aromatic heterocycles.